The number of carbonyl (C=O) groups excluding carboxylic acids is 1. The Kier molecular flexibility index (Phi) is 6.72. The highest BCUT2D eigenvalue weighted by Gasteiger charge is 2.47. The van der Waals surface area contributed by atoms with E-state index in [1.54, 1.807) is 4.90 Å². The number of benzene rings is 4. The molecule has 1 N–H and O–H groups in total. The van der Waals surface area contributed by atoms with Gasteiger partial charge in [-0.1, -0.05) is 97.1 Å². The number of fused-ring (bicyclic) bond motifs is 1. The summed E-state index contributed by atoms with van der Waals surface area (Å²) in [6.07, 6.45) is 1.42. The lowest BCUT2D eigenvalue weighted by molar-refractivity contribution is -0.142. The van der Waals surface area contributed by atoms with Crippen LogP contribution in [-0.2, 0) is 21.6 Å². The van der Waals surface area contributed by atoms with Crippen LogP contribution in [0.3, 0.4) is 0 Å². The van der Waals surface area contributed by atoms with Crippen LogP contribution in [0, 0.1) is 0 Å². The number of ether oxygens (including phenoxy) is 1. The van der Waals surface area contributed by atoms with Gasteiger partial charge in [-0.15, -0.1) is 0 Å². The van der Waals surface area contributed by atoms with E-state index in [1.807, 2.05) is 103 Å². The van der Waals surface area contributed by atoms with Gasteiger partial charge in [-0.25, -0.2) is 4.79 Å². The van der Waals surface area contributed by atoms with Crippen molar-refractivity contribution in [3.63, 3.8) is 0 Å². The molecule has 0 spiro atoms. The molecule has 1 aliphatic heterocycles. The monoisotopic (exact) mass is 479 g/mol. The maximum Gasteiger partial charge on any atom is 0.410 e. The lowest BCUT2D eigenvalue weighted by Crippen LogP contribution is -2.45. The van der Waals surface area contributed by atoms with Gasteiger partial charge in [-0.05, 0) is 52.8 Å². The summed E-state index contributed by atoms with van der Waals surface area (Å²) in [6.45, 7) is 0.747. The van der Waals surface area contributed by atoms with Crippen LogP contribution in [0.2, 0.25) is 0 Å². The van der Waals surface area contributed by atoms with Crippen LogP contribution >= 0.6 is 0 Å². The zero-order valence-electron chi connectivity index (χ0n) is 20.0. The second-order valence-corrected chi connectivity index (χ2v) is 9.37. The Balaban J connectivity index is 1.49. The molecule has 5 nitrogen and oxygen atoms in total. The average Bonchev–Trinajstić information content (AvgIpc) is 3.39. The summed E-state index contributed by atoms with van der Waals surface area (Å²) < 4.78 is 5.63. The molecule has 1 fully saturated rings. The standard InChI is InChI=1S/C31H29NO4/c33-29(34)31(26-14-5-2-6-15-26,27-18-17-24-12-7-8-13-25(24)20-27)21-28-16-9-19-32(28)30(35)36-22-23-10-3-1-4-11-23/h1-8,10-15,17-18,20,28H,9,16,19,21-22H2,(H,33,34). The minimum absolute atomic E-state index is 0.191. The van der Waals surface area contributed by atoms with E-state index < -0.39 is 17.5 Å². The Morgan fingerprint density at radius 1 is 0.833 bits per heavy atom. The van der Waals surface area contributed by atoms with Crippen LogP contribution < -0.4 is 0 Å². The quantitative estimate of drug-likeness (QED) is 0.333. The second-order valence-electron chi connectivity index (χ2n) is 9.37. The SMILES string of the molecule is O=C(OCc1ccccc1)N1CCCC1CC(C(=O)O)(c1ccccc1)c1ccc2ccccc2c1. The Bertz CT molecular complexity index is 1350. The van der Waals surface area contributed by atoms with Crippen molar-refractivity contribution >= 4 is 22.8 Å². The first-order chi connectivity index (χ1) is 17.6. The summed E-state index contributed by atoms with van der Waals surface area (Å²) in [4.78, 5) is 28.0. The first-order valence-corrected chi connectivity index (χ1v) is 12.3. The zero-order chi connectivity index (χ0) is 25.0. The molecule has 4 aromatic carbocycles. The molecule has 0 aromatic heterocycles. The smallest absolute Gasteiger partial charge is 0.410 e. The van der Waals surface area contributed by atoms with Crippen molar-refractivity contribution in [2.45, 2.75) is 37.3 Å². The van der Waals surface area contributed by atoms with Crippen molar-refractivity contribution in [3.8, 4) is 0 Å². The van der Waals surface area contributed by atoms with Gasteiger partial charge in [0.1, 0.15) is 12.0 Å². The molecule has 0 radical (unpaired) electrons. The number of carboxylic acids is 1. The maximum absolute atomic E-state index is 13.2. The summed E-state index contributed by atoms with van der Waals surface area (Å²) in [5, 5.41) is 12.8. The zero-order valence-corrected chi connectivity index (χ0v) is 20.0. The summed E-state index contributed by atoms with van der Waals surface area (Å²) in [7, 11) is 0. The lowest BCUT2D eigenvalue weighted by Gasteiger charge is -2.36. The minimum Gasteiger partial charge on any atom is -0.480 e. The van der Waals surface area contributed by atoms with E-state index in [4.69, 9.17) is 4.74 Å². The third kappa shape index (κ3) is 4.57. The first kappa shape index (κ1) is 23.6. The van der Waals surface area contributed by atoms with E-state index in [9.17, 15) is 14.7 Å². The van der Waals surface area contributed by atoms with E-state index in [2.05, 4.69) is 0 Å². The molecule has 2 unspecified atom stereocenters. The number of carbonyl (C=O) groups is 2. The van der Waals surface area contributed by atoms with Crippen LogP contribution in [0.1, 0.15) is 36.0 Å². The second kappa shape index (κ2) is 10.2. The van der Waals surface area contributed by atoms with Crippen molar-refractivity contribution in [1.82, 2.24) is 4.90 Å². The molecule has 5 rings (SSSR count). The number of rotatable bonds is 7. The number of hydrogen-bond donors (Lipinski definition) is 1. The Labute approximate surface area is 210 Å². The lowest BCUT2D eigenvalue weighted by atomic mass is 9.69. The number of amides is 1. The van der Waals surface area contributed by atoms with Crippen molar-refractivity contribution < 1.29 is 19.4 Å². The van der Waals surface area contributed by atoms with Crippen LogP contribution in [0.4, 0.5) is 4.79 Å². The van der Waals surface area contributed by atoms with Gasteiger partial charge in [0.05, 0.1) is 0 Å². The summed E-state index contributed by atoms with van der Waals surface area (Å²) in [6, 6.07) is 32.5. The summed E-state index contributed by atoms with van der Waals surface area (Å²) >= 11 is 0. The van der Waals surface area contributed by atoms with Gasteiger partial charge >= 0.3 is 12.1 Å². The minimum atomic E-state index is -1.31. The topological polar surface area (TPSA) is 66.8 Å². The van der Waals surface area contributed by atoms with Gasteiger partial charge in [0, 0.05) is 12.6 Å². The third-order valence-corrected chi connectivity index (χ3v) is 7.23. The average molecular weight is 480 g/mol. The van der Waals surface area contributed by atoms with Crippen LogP contribution in [0.15, 0.2) is 103 Å². The number of aliphatic carboxylic acids is 1. The van der Waals surface area contributed by atoms with Gasteiger partial charge in [0.15, 0.2) is 0 Å². The fourth-order valence-electron chi connectivity index (χ4n) is 5.36. The molecule has 0 saturated carbocycles. The molecule has 4 aromatic rings. The third-order valence-electron chi connectivity index (χ3n) is 7.23. The van der Waals surface area contributed by atoms with Gasteiger partial charge in [0.2, 0.25) is 0 Å². The predicted molar refractivity (Wildman–Crippen MR) is 140 cm³/mol. The molecular formula is C31H29NO4. The number of hydrogen-bond acceptors (Lipinski definition) is 3. The van der Waals surface area contributed by atoms with E-state index in [0.717, 1.165) is 29.2 Å². The molecule has 1 aliphatic rings. The molecule has 36 heavy (non-hydrogen) atoms. The number of likely N-dealkylation sites (tertiary alicyclic amines) is 1. The first-order valence-electron chi connectivity index (χ1n) is 12.3. The molecule has 1 amide bonds. The van der Waals surface area contributed by atoms with E-state index in [0.29, 0.717) is 17.7 Å². The van der Waals surface area contributed by atoms with Crippen LogP contribution in [0.5, 0.6) is 0 Å². The van der Waals surface area contributed by atoms with Gasteiger partial charge in [0.25, 0.3) is 0 Å². The van der Waals surface area contributed by atoms with E-state index in [-0.39, 0.29) is 19.1 Å². The van der Waals surface area contributed by atoms with Gasteiger partial charge in [-0.2, -0.15) is 0 Å². The predicted octanol–water partition coefficient (Wildman–Crippen LogP) is 6.40. The van der Waals surface area contributed by atoms with Crippen LogP contribution in [-0.4, -0.2) is 34.7 Å². The molecule has 5 heteroatoms. The summed E-state index contributed by atoms with van der Waals surface area (Å²) in [5.74, 6) is -0.923. The summed E-state index contributed by atoms with van der Waals surface area (Å²) in [5.41, 5.74) is 1.03. The van der Waals surface area contributed by atoms with Crippen molar-refractivity contribution in [2.24, 2.45) is 0 Å². The van der Waals surface area contributed by atoms with Gasteiger partial charge < -0.3 is 14.7 Å². The molecule has 182 valence electrons. The molecule has 1 saturated heterocycles. The fourth-order valence-corrected chi connectivity index (χ4v) is 5.36. The van der Waals surface area contributed by atoms with Crippen molar-refractivity contribution in [2.75, 3.05) is 6.54 Å². The number of carboxylic acid groups (broad SMARTS) is 1. The Hall–Kier alpha value is -4.12. The van der Waals surface area contributed by atoms with E-state index >= 15 is 0 Å². The highest BCUT2D eigenvalue weighted by atomic mass is 16.6. The molecule has 1 heterocycles. The van der Waals surface area contributed by atoms with Crippen molar-refractivity contribution in [3.05, 3.63) is 120 Å². The molecular weight excluding hydrogens is 450 g/mol. The fraction of sp³-hybridized carbons (Fsp3) is 0.226. The van der Waals surface area contributed by atoms with Crippen LogP contribution in [0.25, 0.3) is 10.8 Å². The Morgan fingerprint density at radius 3 is 2.22 bits per heavy atom. The normalized spacial score (nSPS) is 17.0. The number of nitrogens with zero attached hydrogens (tertiary/aromatic N) is 1. The Morgan fingerprint density at radius 2 is 1.50 bits per heavy atom. The van der Waals surface area contributed by atoms with Crippen molar-refractivity contribution in [1.29, 1.82) is 0 Å². The van der Waals surface area contributed by atoms with Gasteiger partial charge in [-0.3, -0.25) is 4.79 Å². The van der Waals surface area contributed by atoms with E-state index in [1.165, 1.54) is 0 Å². The highest BCUT2D eigenvalue weighted by molar-refractivity contribution is 5.90. The molecule has 0 aliphatic carbocycles. The largest absolute Gasteiger partial charge is 0.480 e. The molecule has 0 bridgehead atoms. The molecule has 2 atom stereocenters. The highest BCUT2D eigenvalue weighted by Crippen LogP contribution is 2.41. The maximum atomic E-state index is 13.2.